The van der Waals surface area contributed by atoms with E-state index in [0.29, 0.717) is 10.0 Å². The quantitative estimate of drug-likeness (QED) is 0.834. The molecule has 0 saturated heterocycles. The molecule has 1 rings (SSSR count). The van der Waals surface area contributed by atoms with Gasteiger partial charge in [-0.05, 0) is 23.8 Å². The van der Waals surface area contributed by atoms with Gasteiger partial charge in [-0.3, -0.25) is 0 Å². The van der Waals surface area contributed by atoms with Crippen LogP contribution in [0, 0.1) is 11.3 Å². The molecular formula is C9H8BrNO2. The lowest BCUT2D eigenvalue weighted by molar-refractivity contribution is 0.182. The van der Waals surface area contributed by atoms with Gasteiger partial charge in [0.1, 0.15) is 5.75 Å². The summed E-state index contributed by atoms with van der Waals surface area (Å²) < 4.78 is 0.688. The molecule has 0 fully saturated rings. The number of aliphatic hydroxyl groups is 1. The molecule has 68 valence electrons. The SMILES string of the molecule is N#CC[C@@H](O)c1cc(O)ccc1Br. The van der Waals surface area contributed by atoms with Crippen LogP contribution in [-0.2, 0) is 0 Å². The van der Waals surface area contributed by atoms with E-state index in [1.54, 1.807) is 6.07 Å². The number of aliphatic hydroxyl groups excluding tert-OH is 1. The van der Waals surface area contributed by atoms with Crippen molar-refractivity contribution in [2.24, 2.45) is 0 Å². The van der Waals surface area contributed by atoms with Gasteiger partial charge in [0.05, 0.1) is 18.6 Å². The van der Waals surface area contributed by atoms with E-state index < -0.39 is 6.10 Å². The number of benzene rings is 1. The van der Waals surface area contributed by atoms with Crippen molar-refractivity contribution >= 4 is 15.9 Å². The zero-order chi connectivity index (χ0) is 9.84. The molecule has 13 heavy (non-hydrogen) atoms. The standard InChI is InChI=1S/C9H8BrNO2/c10-8-2-1-6(12)5-7(8)9(13)3-4-11/h1-2,5,9,12-13H,3H2/t9-/m1/s1. The number of phenols is 1. The molecule has 3 nitrogen and oxygen atoms in total. The van der Waals surface area contributed by atoms with Crippen LogP contribution < -0.4 is 0 Å². The first-order valence-corrected chi connectivity index (χ1v) is 4.48. The number of nitrogens with zero attached hydrogens (tertiary/aromatic N) is 1. The summed E-state index contributed by atoms with van der Waals surface area (Å²) in [5.41, 5.74) is 0.529. The topological polar surface area (TPSA) is 64.2 Å². The normalized spacial score (nSPS) is 12.1. The Balaban J connectivity index is 3.00. The molecule has 0 aliphatic heterocycles. The van der Waals surface area contributed by atoms with Crippen LogP contribution in [0.5, 0.6) is 5.75 Å². The van der Waals surface area contributed by atoms with Crippen LogP contribution in [-0.4, -0.2) is 10.2 Å². The Kier molecular flexibility index (Phi) is 3.29. The predicted octanol–water partition coefficient (Wildman–Crippen LogP) is 2.10. The lowest BCUT2D eigenvalue weighted by atomic mass is 10.1. The van der Waals surface area contributed by atoms with E-state index in [1.165, 1.54) is 12.1 Å². The summed E-state index contributed by atoms with van der Waals surface area (Å²) in [5.74, 6) is 0.0789. The Morgan fingerprint density at radius 3 is 2.85 bits per heavy atom. The van der Waals surface area contributed by atoms with E-state index in [-0.39, 0.29) is 12.2 Å². The number of hydrogen-bond acceptors (Lipinski definition) is 3. The first kappa shape index (κ1) is 10.0. The maximum Gasteiger partial charge on any atom is 0.116 e. The summed E-state index contributed by atoms with van der Waals surface area (Å²) >= 11 is 3.22. The molecule has 0 aromatic heterocycles. The largest absolute Gasteiger partial charge is 0.508 e. The van der Waals surface area contributed by atoms with Crippen molar-refractivity contribution in [3.05, 3.63) is 28.2 Å². The van der Waals surface area contributed by atoms with Gasteiger partial charge < -0.3 is 10.2 Å². The minimum absolute atomic E-state index is 0.0159. The molecule has 1 atom stereocenters. The Labute approximate surface area is 84.4 Å². The zero-order valence-corrected chi connectivity index (χ0v) is 8.32. The molecule has 0 bridgehead atoms. The number of rotatable bonds is 2. The van der Waals surface area contributed by atoms with E-state index in [4.69, 9.17) is 10.4 Å². The summed E-state index contributed by atoms with van der Waals surface area (Å²) in [5, 5.41) is 27.0. The lowest BCUT2D eigenvalue weighted by Crippen LogP contribution is -1.96. The van der Waals surface area contributed by atoms with Crippen molar-refractivity contribution in [1.82, 2.24) is 0 Å². The summed E-state index contributed by atoms with van der Waals surface area (Å²) in [4.78, 5) is 0. The number of phenolic OH excluding ortho intramolecular Hbond substituents is 1. The van der Waals surface area contributed by atoms with E-state index in [9.17, 15) is 5.11 Å². The molecule has 4 heteroatoms. The van der Waals surface area contributed by atoms with E-state index in [2.05, 4.69) is 15.9 Å². The Morgan fingerprint density at radius 2 is 2.23 bits per heavy atom. The van der Waals surface area contributed by atoms with Crippen molar-refractivity contribution in [3.63, 3.8) is 0 Å². The number of hydrogen-bond donors (Lipinski definition) is 2. The smallest absolute Gasteiger partial charge is 0.116 e. The summed E-state index contributed by atoms with van der Waals surface area (Å²) in [6, 6.07) is 6.43. The molecule has 2 N–H and O–H groups in total. The number of nitriles is 1. The fraction of sp³-hybridized carbons (Fsp3) is 0.222. The summed E-state index contributed by atoms with van der Waals surface area (Å²) in [6.45, 7) is 0. The van der Waals surface area contributed by atoms with Gasteiger partial charge in [-0.1, -0.05) is 15.9 Å². The average molecular weight is 242 g/mol. The minimum atomic E-state index is -0.855. The van der Waals surface area contributed by atoms with Gasteiger partial charge in [-0.15, -0.1) is 0 Å². The monoisotopic (exact) mass is 241 g/mol. The second-order valence-electron chi connectivity index (χ2n) is 2.58. The highest BCUT2D eigenvalue weighted by atomic mass is 79.9. The van der Waals surface area contributed by atoms with Crippen LogP contribution in [0.1, 0.15) is 18.1 Å². The van der Waals surface area contributed by atoms with Crippen molar-refractivity contribution in [3.8, 4) is 11.8 Å². The predicted molar refractivity (Wildman–Crippen MR) is 51.0 cm³/mol. The molecule has 0 aliphatic rings. The Bertz CT molecular complexity index is 346. The van der Waals surface area contributed by atoms with Crippen LogP contribution >= 0.6 is 15.9 Å². The Morgan fingerprint density at radius 1 is 1.54 bits per heavy atom. The molecule has 0 saturated carbocycles. The molecule has 1 aromatic carbocycles. The molecule has 0 amide bonds. The van der Waals surface area contributed by atoms with Crippen LogP contribution in [0.4, 0.5) is 0 Å². The van der Waals surface area contributed by atoms with Crippen LogP contribution in [0.2, 0.25) is 0 Å². The second-order valence-corrected chi connectivity index (χ2v) is 3.44. The van der Waals surface area contributed by atoms with Crippen molar-refractivity contribution in [2.45, 2.75) is 12.5 Å². The fourth-order valence-electron chi connectivity index (χ4n) is 0.983. The molecule has 0 aliphatic carbocycles. The van der Waals surface area contributed by atoms with Gasteiger partial charge in [-0.2, -0.15) is 5.26 Å². The van der Waals surface area contributed by atoms with Gasteiger partial charge in [0, 0.05) is 4.47 Å². The minimum Gasteiger partial charge on any atom is -0.508 e. The maximum atomic E-state index is 9.46. The van der Waals surface area contributed by atoms with Gasteiger partial charge >= 0.3 is 0 Å². The van der Waals surface area contributed by atoms with E-state index in [0.717, 1.165) is 0 Å². The first-order chi connectivity index (χ1) is 6.15. The lowest BCUT2D eigenvalue weighted by Gasteiger charge is -2.09. The average Bonchev–Trinajstić information content (AvgIpc) is 2.09. The first-order valence-electron chi connectivity index (χ1n) is 3.68. The molecule has 0 spiro atoms. The van der Waals surface area contributed by atoms with Crippen LogP contribution in [0.25, 0.3) is 0 Å². The molecule has 0 radical (unpaired) electrons. The highest BCUT2D eigenvalue weighted by molar-refractivity contribution is 9.10. The summed E-state index contributed by atoms with van der Waals surface area (Å²) in [7, 11) is 0. The maximum absolute atomic E-state index is 9.46. The third kappa shape index (κ3) is 2.44. The van der Waals surface area contributed by atoms with Crippen molar-refractivity contribution < 1.29 is 10.2 Å². The van der Waals surface area contributed by atoms with Gasteiger partial charge in [0.25, 0.3) is 0 Å². The third-order valence-corrected chi connectivity index (χ3v) is 2.35. The zero-order valence-electron chi connectivity index (χ0n) is 6.74. The van der Waals surface area contributed by atoms with Gasteiger partial charge in [0.2, 0.25) is 0 Å². The van der Waals surface area contributed by atoms with Crippen molar-refractivity contribution in [1.29, 1.82) is 5.26 Å². The third-order valence-electron chi connectivity index (χ3n) is 1.62. The fourth-order valence-corrected chi connectivity index (χ4v) is 1.49. The van der Waals surface area contributed by atoms with Gasteiger partial charge in [-0.25, -0.2) is 0 Å². The van der Waals surface area contributed by atoms with Crippen LogP contribution in [0.3, 0.4) is 0 Å². The highest BCUT2D eigenvalue weighted by Gasteiger charge is 2.11. The summed E-state index contributed by atoms with van der Waals surface area (Å²) in [6.07, 6.45) is -0.839. The molecule has 0 unspecified atom stereocenters. The number of halogens is 1. The van der Waals surface area contributed by atoms with Crippen molar-refractivity contribution in [2.75, 3.05) is 0 Å². The van der Waals surface area contributed by atoms with Gasteiger partial charge in [0.15, 0.2) is 0 Å². The molecular weight excluding hydrogens is 234 g/mol. The highest BCUT2D eigenvalue weighted by Crippen LogP contribution is 2.28. The van der Waals surface area contributed by atoms with Crippen LogP contribution in [0.15, 0.2) is 22.7 Å². The van der Waals surface area contributed by atoms with E-state index in [1.807, 2.05) is 6.07 Å². The van der Waals surface area contributed by atoms with E-state index >= 15 is 0 Å². The second kappa shape index (κ2) is 4.26. The Hall–Kier alpha value is -1.05. The molecule has 0 heterocycles. The molecule has 1 aromatic rings. The number of aromatic hydroxyl groups is 1.